The SMILES string of the molecule is Cc1ccc2c(c1)c(C(=O)C(=O)Nc1ccnc(C)c1)c(C(F)(F)F)n2Cc1ccc(Cl)cc1Cl. The summed E-state index contributed by atoms with van der Waals surface area (Å²) in [6, 6.07) is 12.0. The standard InChI is InChI=1S/C25H18Cl2F3N3O2/c1-13-3-6-20-18(9-13)21(22(34)24(35)32-17-7-8-31-14(2)10-17)23(25(28,29)30)33(20)12-15-4-5-16(26)11-19(15)27/h3-11H,12H2,1-2H3,(H,31,32,35). The van der Waals surface area contributed by atoms with Gasteiger partial charge in [0.1, 0.15) is 5.69 Å². The molecule has 0 spiro atoms. The van der Waals surface area contributed by atoms with Crippen molar-refractivity contribution in [3.05, 3.63) is 92.9 Å². The molecule has 0 saturated heterocycles. The molecule has 0 unspecified atom stereocenters. The van der Waals surface area contributed by atoms with Crippen LogP contribution < -0.4 is 5.32 Å². The Morgan fingerprint density at radius 1 is 1.03 bits per heavy atom. The molecular weight excluding hydrogens is 502 g/mol. The van der Waals surface area contributed by atoms with Crippen LogP contribution in [0, 0.1) is 13.8 Å². The summed E-state index contributed by atoms with van der Waals surface area (Å²) in [6.45, 7) is 3.08. The molecule has 0 radical (unpaired) electrons. The Hall–Kier alpha value is -3.36. The summed E-state index contributed by atoms with van der Waals surface area (Å²) in [5, 5.41) is 2.91. The lowest BCUT2D eigenvalue weighted by molar-refractivity contribution is -0.143. The minimum absolute atomic E-state index is 0.0217. The zero-order chi connectivity index (χ0) is 25.5. The first-order chi connectivity index (χ1) is 16.5. The van der Waals surface area contributed by atoms with Gasteiger partial charge in [0, 0.05) is 45.1 Å². The molecule has 0 saturated carbocycles. The number of anilines is 1. The third kappa shape index (κ3) is 5.04. The number of nitrogens with one attached hydrogen (secondary N) is 1. The van der Waals surface area contributed by atoms with Crippen LogP contribution in [0.5, 0.6) is 0 Å². The molecule has 180 valence electrons. The van der Waals surface area contributed by atoms with E-state index in [9.17, 15) is 22.8 Å². The molecule has 10 heteroatoms. The fourth-order valence-corrected chi connectivity index (χ4v) is 4.37. The Balaban J connectivity index is 1.90. The number of halogens is 5. The largest absolute Gasteiger partial charge is 0.432 e. The van der Waals surface area contributed by atoms with Gasteiger partial charge in [-0.15, -0.1) is 0 Å². The van der Waals surface area contributed by atoms with E-state index in [0.29, 0.717) is 21.8 Å². The number of carbonyl (C=O) groups excluding carboxylic acids is 2. The van der Waals surface area contributed by atoms with Crippen molar-refractivity contribution in [3.63, 3.8) is 0 Å². The lowest BCUT2D eigenvalue weighted by Crippen LogP contribution is -2.26. The summed E-state index contributed by atoms with van der Waals surface area (Å²) in [6.07, 6.45) is -3.52. The van der Waals surface area contributed by atoms with Gasteiger partial charge in [0.2, 0.25) is 0 Å². The molecule has 0 aliphatic carbocycles. The minimum atomic E-state index is -4.94. The van der Waals surface area contributed by atoms with Crippen LogP contribution in [-0.4, -0.2) is 21.2 Å². The number of ketones is 1. The number of hydrogen-bond acceptors (Lipinski definition) is 3. The first-order valence-corrected chi connectivity index (χ1v) is 11.1. The highest BCUT2D eigenvalue weighted by Crippen LogP contribution is 2.40. The van der Waals surface area contributed by atoms with Gasteiger partial charge < -0.3 is 9.88 Å². The van der Waals surface area contributed by atoms with Gasteiger partial charge in [0.15, 0.2) is 0 Å². The monoisotopic (exact) mass is 519 g/mol. The molecule has 4 rings (SSSR count). The van der Waals surface area contributed by atoms with Gasteiger partial charge in [-0.05, 0) is 55.8 Å². The molecule has 1 amide bonds. The average molecular weight is 520 g/mol. The first-order valence-electron chi connectivity index (χ1n) is 10.4. The third-order valence-corrected chi connectivity index (χ3v) is 6.01. The zero-order valence-electron chi connectivity index (χ0n) is 18.5. The molecule has 2 aromatic heterocycles. The number of Topliss-reactive ketones (excluding diaryl/α,β-unsaturated/α-hetero) is 1. The highest BCUT2D eigenvalue weighted by molar-refractivity contribution is 6.48. The van der Waals surface area contributed by atoms with E-state index in [1.807, 2.05) is 0 Å². The summed E-state index contributed by atoms with van der Waals surface area (Å²) in [5.74, 6) is -2.49. The van der Waals surface area contributed by atoms with Crippen molar-refractivity contribution in [3.8, 4) is 0 Å². The van der Waals surface area contributed by atoms with Crippen LogP contribution in [0.25, 0.3) is 10.9 Å². The van der Waals surface area contributed by atoms with E-state index in [1.54, 1.807) is 19.9 Å². The fraction of sp³-hybridized carbons (Fsp3) is 0.160. The van der Waals surface area contributed by atoms with Crippen molar-refractivity contribution in [2.24, 2.45) is 0 Å². The number of aromatic nitrogens is 2. The van der Waals surface area contributed by atoms with Crippen LogP contribution in [0.15, 0.2) is 54.7 Å². The molecule has 0 aliphatic heterocycles. The second kappa shape index (κ2) is 9.36. The summed E-state index contributed by atoms with van der Waals surface area (Å²) in [5.41, 5.74) is 0.0158. The van der Waals surface area contributed by atoms with Gasteiger partial charge in [-0.3, -0.25) is 14.6 Å². The lowest BCUT2D eigenvalue weighted by atomic mass is 10.0. The van der Waals surface area contributed by atoms with E-state index in [0.717, 1.165) is 4.57 Å². The lowest BCUT2D eigenvalue weighted by Gasteiger charge is -2.15. The number of fused-ring (bicyclic) bond motifs is 1. The van der Waals surface area contributed by atoms with E-state index < -0.39 is 29.1 Å². The molecule has 5 nitrogen and oxygen atoms in total. The summed E-state index contributed by atoms with van der Waals surface area (Å²) < 4.78 is 44.3. The number of alkyl halides is 3. The number of pyridine rings is 1. The Morgan fingerprint density at radius 2 is 1.77 bits per heavy atom. The van der Waals surface area contributed by atoms with Gasteiger partial charge >= 0.3 is 6.18 Å². The maximum Gasteiger partial charge on any atom is 0.432 e. The van der Waals surface area contributed by atoms with Gasteiger partial charge in [-0.25, -0.2) is 0 Å². The van der Waals surface area contributed by atoms with E-state index in [2.05, 4.69) is 10.3 Å². The predicted molar refractivity (Wildman–Crippen MR) is 129 cm³/mol. The van der Waals surface area contributed by atoms with Crippen molar-refractivity contribution in [1.82, 2.24) is 9.55 Å². The highest BCUT2D eigenvalue weighted by atomic mass is 35.5. The predicted octanol–water partition coefficient (Wildman–Crippen LogP) is 6.85. The smallest absolute Gasteiger partial charge is 0.332 e. The molecule has 0 aliphatic rings. The van der Waals surface area contributed by atoms with Gasteiger partial charge in [-0.1, -0.05) is 40.9 Å². The van der Waals surface area contributed by atoms with E-state index in [1.165, 1.54) is 48.7 Å². The number of nitrogens with zero attached hydrogens (tertiary/aromatic N) is 2. The van der Waals surface area contributed by atoms with Crippen LogP contribution in [0.1, 0.15) is 32.9 Å². The normalized spacial score (nSPS) is 11.6. The van der Waals surface area contributed by atoms with Crippen molar-refractivity contribution >= 4 is 51.5 Å². The van der Waals surface area contributed by atoms with Crippen LogP contribution in [0.2, 0.25) is 10.0 Å². The zero-order valence-corrected chi connectivity index (χ0v) is 20.0. The van der Waals surface area contributed by atoms with Gasteiger partial charge in [-0.2, -0.15) is 13.2 Å². The second-order valence-corrected chi connectivity index (χ2v) is 8.88. The third-order valence-electron chi connectivity index (χ3n) is 5.42. The van der Waals surface area contributed by atoms with Crippen molar-refractivity contribution in [2.45, 2.75) is 26.6 Å². The number of benzene rings is 2. The Labute approximate surface area is 208 Å². The average Bonchev–Trinajstić information content (AvgIpc) is 3.08. The summed E-state index contributed by atoms with van der Waals surface area (Å²) in [4.78, 5) is 30.0. The summed E-state index contributed by atoms with van der Waals surface area (Å²) >= 11 is 12.2. The summed E-state index contributed by atoms with van der Waals surface area (Å²) in [7, 11) is 0. The molecule has 0 atom stereocenters. The fourth-order valence-electron chi connectivity index (χ4n) is 3.90. The van der Waals surface area contributed by atoms with E-state index in [-0.39, 0.29) is 28.2 Å². The van der Waals surface area contributed by atoms with Crippen LogP contribution in [0.3, 0.4) is 0 Å². The number of hydrogen-bond donors (Lipinski definition) is 1. The number of carbonyl (C=O) groups is 2. The van der Waals surface area contributed by atoms with Crippen LogP contribution in [0.4, 0.5) is 18.9 Å². The maximum absolute atomic E-state index is 14.5. The Kier molecular flexibility index (Phi) is 6.62. The van der Waals surface area contributed by atoms with Crippen molar-refractivity contribution < 1.29 is 22.8 Å². The molecule has 0 fully saturated rings. The van der Waals surface area contributed by atoms with Crippen molar-refractivity contribution in [1.29, 1.82) is 0 Å². The highest BCUT2D eigenvalue weighted by Gasteiger charge is 2.42. The number of amides is 1. The Morgan fingerprint density at radius 3 is 2.43 bits per heavy atom. The maximum atomic E-state index is 14.5. The van der Waals surface area contributed by atoms with E-state index in [4.69, 9.17) is 23.2 Å². The first kappa shape index (κ1) is 24.8. The quantitative estimate of drug-likeness (QED) is 0.231. The molecule has 1 N–H and O–H groups in total. The van der Waals surface area contributed by atoms with Gasteiger partial charge in [0.05, 0.1) is 5.56 Å². The second-order valence-electron chi connectivity index (χ2n) is 8.03. The Bertz CT molecular complexity index is 1480. The van der Waals surface area contributed by atoms with E-state index >= 15 is 0 Å². The number of rotatable bonds is 5. The van der Waals surface area contributed by atoms with Gasteiger partial charge in [0.25, 0.3) is 11.7 Å². The molecule has 2 heterocycles. The molecule has 0 bridgehead atoms. The van der Waals surface area contributed by atoms with Crippen LogP contribution >= 0.6 is 23.2 Å². The molecule has 4 aromatic rings. The van der Waals surface area contributed by atoms with Crippen LogP contribution in [-0.2, 0) is 17.5 Å². The minimum Gasteiger partial charge on any atom is -0.332 e. The number of aryl methyl sites for hydroxylation is 2. The topological polar surface area (TPSA) is 64.0 Å². The molecule has 35 heavy (non-hydrogen) atoms. The molecule has 2 aromatic carbocycles. The molecular formula is C25H18Cl2F3N3O2. The van der Waals surface area contributed by atoms with Crippen molar-refractivity contribution in [2.75, 3.05) is 5.32 Å².